The molecule has 0 aromatic heterocycles. The average molecular weight is 277 g/mol. The van der Waals surface area contributed by atoms with Crippen LogP contribution in [-0.2, 0) is 19.6 Å². The molecule has 0 spiro atoms. The van der Waals surface area contributed by atoms with Crippen molar-refractivity contribution in [3.05, 3.63) is 0 Å². The summed E-state index contributed by atoms with van der Waals surface area (Å²) in [6.07, 6.45) is 0.342. The third-order valence-electron chi connectivity index (χ3n) is 3.17. The quantitative estimate of drug-likeness (QED) is 0.798. The van der Waals surface area contributed by atoms with E-state index < -0.39 is 32.6 Å². The Morgan fingerprint density at radius 2 is 1.89 bits per heavy atom. The van der Waals surface area contributed by atoms with E-state index in [-0.39, 0.29) is 12.5 Å². The van der Waals surface area contributed by atoms with Gasteiger partial charge in [0.05, 0.1) is 12.5 Å². The lowest BCUT2D eigenvalue weighted by Crippen LogP contribution is -2.68. The van der Waals surface area contributed by atoms with Gasteiger partial charge in [0.15, 0.2) is 4.75 Å². The molecule has 104 valence electrons. The lowest BCUT2D eigenvalue weighted by Gasteiger charge is -2.44. The second-order valence-corrected chi connectivity index (χ2v) is 7.93. The lowest BCUT2D eigenvalue weighted by atomic mass is 9.97. The Balaban J connectivity index is 2.85. The second kappa shape index (κ2) is 4.53. The molecule has 0 bridgehead atoms. The summed E-state index contributed by atoms with van der Waals surface area (Å²) in [5.74, 6) is -2.33. The minimum absolute atomic E-state index is 0.123. The van der Waals surface area contributed by atoms with Crippen LogP contribution < -0.4 is 0 Å². The maximum atomic E-state index is 11.8. The summed E-state index contributed by atoms with van der Waals surface area (Å²) in [7, 11) is -3.69. The van der Waals surface area contributed by atoms with E-state index in [0.717, 1.165) is 0 Å². The zero-order chi connectivity index (χ0) is 14.3. The minimum Gasteiger partial charge on any atom is -0.481 e. The van der Waals surface area contributed by atoms with Gasteiger partial charge in [-0.25, -0.2) is 12.7 Å². The third-order valence-corrected chi connectivity index (χ3v) is 5.53. The predicted molar refractivity (Wildman–Crippen MR) is 65.3 cm³/mol. The summed E-state index contributed by atoms with van der Waals surface area (Å²) in [5, 5.41) is 9.04. The van der Waals surface area contributed by atoms with Crippen LogP contribution in [0.2, 0.25) is 0 Å². The summed E-state index contributed by atoms with van der Waals surface area (Å²) in [6.45, 7) is 6.11. The van der Waals surface area contributed by atoms with Crippen molar-refractivity contribution in [2.24, 2.45) is 11.8 Å². The predicted octanol–water partition coefficient (Wildman–Crippen LogP) is 0.684. The van der Waals surface area contributed by atoms with Gasteiger partial charge in [0, 0.05) is 0 Å². The van der Waals surface area contributed by atoms with Crippen LogP contribution in [0.5, 0.6) is 0 Å². The Morgan fingerprint density at radius 1 is 1.39 bits per heavy atom. The number of nitrogens with zero attached hydrogens (tertiary/aromatic N) is 1. The van der Waals surface area contributed by atoms with Crippen molar-refractivity contribution < 1.29 is 23.1 Å². The van der Waals surface area contributed by atoms with Gasteiger partial charge in [-0.15, -0.1) is 0 Å². The van der Waals surface area contributed by atoms with Crippen LogP contribution in [0.25, 0.3) is 0 Å². The van der Waals surface area contributed by atoms with Crippen LogP contribution in [0.15, 0.2) is 0 Å². The van der Waals surface area contributed by atoms with Crippen LogP contribution in [-0.4, -0.2) is 41.0 Å². The van der Waals surface area contributed by atoms with Crippen molar-refractivity contribution in [3.63, 3.8) is 0 Å². The molecule has 0 saturated carbocycles. The second-order valence-electron chi connectivity index (χ2n) is 5.52. The summed E-state index contributed by atoms with van der Waals surface area (Å²) < 4.78 is 22.9. The van der Waals surface area contributed by atoms with Crippen molar-refractivity contribution in [3.8, 4) is 0 Å². The summed E-state index contributed by atoms with van der Waals surface area (Å²) in [6, 6.07) is 0. The van der Waals surface area contributed by atoms with Gasteiger partial charge in [-0.1, -0.05) is 13.8 Å². The van der Waals surface area contributed by atoms with E-state index in [0.29, 0.717) is 10.7 Å². The molecule has 1 rings (SSSR count). The number of carboxylic acid groups (broad SMARTS) is 1. The van der Waals surface area contributed by atoms with Gasteiger partial charge in [-0.05, 0) is 26.2 Å². The highest BCUT2D eigenvalue weighted by molar-refractivity contribution is 7.94. The number of sulfonamides is 1. The fourth-order valence-corrected chi connectivity index (χ4v) is 3.53. The molecule has 1 amide bonds. The van der Waals surface area contributed by atoms with Crippen molar-refractivity contribution in [2.45, 2.75) is 38.9 Å². The van der Waals surface area contributed by atoms with Crippen molar-refractivity contribution in [1.82, 2.24) is 4.31 Å². The molecule has 1 heterocycles. The first-order valence-corrected chi connectivity index (χ1v) is 7.25. The van der Waals surface area contributed by atoms with Crippen LogP contribution >= 0.6 is 0 Å². The molecule has 1 aliphatic rings. The Kier molecular flexibility index (Phi) is 3.76. The Hall–Kier alpha value is -1.11. The highest BCUT2D eigenvalue weighted by Crippen LogP contribution is 2.35. The molecule has 0 radical (unpaired) electrons. The van der Waals surface area contributed by atoms with Crippen molar-refractivity contribution >= 4 is 21.9 Å². The minimum atomic E-state index is -3.69. The highest BCUT2D eigenvalue weighted by Gasteiger charge is 2.60. The third kappa shape index (κ3) is 2.23. The normalized spacial score (nSPS) is 22.7. The fourth-order valence-electron chi connectivity index (χ4n) is 1.96. The summed E-state index contributed by atoms with van der Waals surface area (Å²) in [4.78, 5) is 22.8. The Morgan fingerprint density at radius 3 is 2.22 bits per heavy atom. The molecule has 1 N–H and O–H groups in total. The monoisotopic (exact) mass is 277 g/mol. The molecule has 0 aromatic carbocycles. The molecule has 1 aliphatic heterocycles. The van der Waals surface area contributed by atoms with Gasteiger partial charge >= 0.3 is 5.97 Å². The van der Waals surface area contributed by atoms with Crippen LogP contribution in [0.3, 0.4) is 0 Å². The van der Waals surface area contributed by atoms with E-state index in [9.17, 15) is 18.0 Å². The van der Waals surface area contributed by atoms with E-state index in [2.05, 4.69) is 0 Å². The number of amides is 1. The van der Waals surface area contributed by atoms with E-state index in [1.165, 1.54) is 13.8 Å². The van der Waals surface area contributed by atoms with Crippen molar-refractivity contribution in [1.29, 1.82) is 0 Å². The largest absolute Gasteiger partial charge is 0.481 e. The number of aliphatic carboxylic acids is 1. The van der Waals surface area contributed by atoms with Gasteiger partial charge in [-0.3, -0.25) is 9.59 Å². The standard InChI is InChI=1S/C11H19NO5S/c1-7(2)5-8(9(13)14)6-12-10(15)11(3,4)18(12,16)17/h7-8H,5-6H2,1-4H3,(H,13,14). The summed E-state index contributed by atoms with van der Waals surface area (Å²) >= 11 is 0. The molecular formula is C11H19NO5S. The first-order valence-electron chi connectivity index (χ1n) is 5.81. The van der Waals surface area contributed by atoms with Crippen molar-refractivity contribution in [2.75, 3.05) is 6.54 Å². The Labute approximate surface area is 107 Å². The van der Waals surface area contributed by atoms with Crippen LogP contribution in [0.4, 0.5) is 0 Å². The SMILES string of the molecule is CC(C)CC(CN1C(=O)C(C)(C)S1(=O)=O)C(=O)O. The van der Waals surface area contributed by atoms with E-state index in [4.69, 9.17) is 5.11 Å². The molecule has 0 aromatic rings. The maximum Gasteiger partial charge on any atom is 0.308 e. The first-order chi connectivity index (χ1) is 8.01. The fraction of sp³-hybridized carbons (Fsp3) is 0.818. The van der Waals surface area contributed by atoms with Gasteiger partial charge in [0.25, 0.3) is 15.9 Å². The number of rotatable bonds is 5. The maximum absolute atomic E-state index is 11.8. The molecule has 1 fully saturated rings. The first kappa shape index (κ1) is 14.9. The van der Waals surface area contributed by atoms with Gasteiger partial charge in [0.1, 0.15) is 0 Å². The molecule has 6 nitrogen and oxygen atoms in total. The van der Waals surface area contributed by atoms with E-state index in [1.54, 1.807) is 0 Å². The zero-order valence-corrected chi connectivity index (χ0v) is 11.8. The van der Waals surface area contributed by atoms with E-state index >= 15 is 0 Å². The Bertz CT molecular complexity index is 466. The number of hydrogen-bond acceptors (Lipinski definition) is 4. The summed E-state index contributed by atoms with van der Waals surface area (Å²) in [5.41, 5.74) is 0. The van der Waals surface area contributed by atoms with Crippen LogP contribution in [0.1, 0.15) is 34.1 Å². The number of hydrogen-bond donors (Lipinski definition) is 1. The smallest absolute Gasteiger partial charge is 0.308 e. The molecule has 18 heavy (non-hydrogen) atoms. The van der Waals surface area contributed by atoms with Gasteiger partial charge in [-0.2, -0.15) is 0 Å². The lowest BCUT2D eigenvalue weighted by molar-refractivity contribution is -0.143. The molecule has 1 atom stereocenters. The van der Waals surface area contributed by atoms with Gasteiger partial charge in [0.2, 0.25) is 0 Å². The number of carboxylic acids is 1. The number of carbonyl (C=O) groups excluding carboxylic acids is 1. The topological polar surface area (TPSA) is 91.8 Å². The van der Waals surface area contributed by atoms with Crippen LogP contribution in [0, 0.1) is 11.8 Å². The van der Waals surface area contributed by atoms with E-state index in [1.807, 2.05) is 13.8 Å². The highest BCUT2D eigenvalue weighted by atomic mass is 32.2. The zero-order valence-electron chi connectivity index (χ0n) is 11.0. The average Bonchev–Trinajstić information content (AvgIpc) is 2.21. The molecule has 7 heteroatoms. The molecular weight excluding hydrogens is 258 g/mol. The van der Waals surface area contributed by atoms with Gasteiger partial charge < -0.3 is 5.11 Å². The molecule has 1 saturated heterocycles. The molecule has 1 unspecified atom stereocenters. The molecule has 0 aliphatic carbocycles. The number of carbonyl (C=O) groups is 2.